The smallest absolute Gasteiger partial charge is 0.123 e. The summed E-state index contributed by atoms with van der Waals surface area (Å²) in [6.45, 7) is 1.76. The standard InChI is InChI=1S/C20H22FN3S/c21-16-7-9-20-15(10-16)6-8-17(23-20)12-24(13-19-11-22-14-25-19)18-4-2-1-3-5-18/h6-11,14,18H,1-5,12-13H2. The molecule has 130 valence electrons. The highest BCUT2D eigenvalue weighted by Crippen LogP contribution is 2.26. The van der Waals surface area contributed by atoms with Crippen molar-refractivity contribution in [3.05, 3.63) is 58.4 Å². The lowest BCUT2D eigenvalue weighted by Crippen LogP contribution is -2.35. The first-order valence-corrected chi connectivity index (χ1v) is 9.82. The van der Waals surface area contributed by atoms with Gasteiger partial charge in [-0.2, -0.15) is 0 Å². The van der Waals surface area contributed by atoms with E-state index in [1.165, 1.54) is 43.0 Å². The molecule has 0 atom stereocenters. The minimum atomic E-state index is -0.212. The lowest BCUT2D eigenvalue weighted by atomic mass is 9.94. The zero-order valence-electron chi connectivity index (χ0n) is 14.2. The summed E-state index contributed by atoms with van der Waals surface area (Å²) in [5.41, 5.74) is 3.81. The topological polar surface area (TPSA) is 29.0 Å². The predicted molar refractivity (Wildman–Crippen MR) is 99.9 cm³/mol. The second kappa shape index (κ2) is 7.58. The van der Waals surface area contributed by atoms with Crippen LogP contribution >= 0.6 is 11.3 Å². The van der Waals surface area contributed by atoms with Crippen LogP contribution in [-0.2, 0) is 13.1 Å². The summed E-state index contributed by atoms with van der Waals surface area (Å²) >= 11 is 1.72. The van der Waals surface area contributed by atoms with E-state index in [4.69, 9.17) is 4.98 Å². The first-order valence-electron chi connectivity index (χ1n) is 8.94. The Labute approximate surface area is 151 Å². The molecule has 0 saturated heterocycles. The third kappa shape index (κ3) is 4.05. The van der Waals surface area contributed by atoms with Gasteiger partial charge in [-0.1, -0.05) is 25.3 Å². The molecule has 0 N–H and O–H groups in total. The van der Waals surface area contributed by atoms with Crippen molar-refractivity contribution in [2.24, 2.45) is 0 Å². The molecule has 25 heavy (non-hydrogen) atoms. The highest BCUT2D eigenvalue weighted by Gasteiger charge is 2.22. The van der Waals surface area contributed by atoms with Crippen molar-refractivity contribution in [2.45, 2.75) is 51.2 Å². The molecule has 3 nitrogen and oxygen atoms in total. The van der Waals surface area contributed by atoms with E-state index in [0.29, 0.717) is 6.04 Å². The Morgan fingerprint density at radius 3 is 2.76 bits per heavy atom. The van der Waals surface area contributed by atoms with Crippen LogP contribution in [0.25, 0.3) is 10.9 Å². The van der Waals surface area contributed by atoms with Crippen LogP contribution in [0.2, 0.25) is 0 Å². The lowest BCUT2D eigenvalue weighted by molar-refractivity contribution is 0.139. The van der Waals surface area contributed by atoms with E-state index in [0.717, 1.165) is 29.7 Å². The lowest BCUT2D eigenvalue weighted by Gasteiger charge is -2.33. The normalized spacial score (nSPS) is 15.9. The van der Waals surface area contributed by atoms with Crippen LogP contribution in [0, 0.1) is 5.82 Å². The Morgan fingerprint density at radius 1 is 1.08 bits per heavy atom. The van der Waals surface area contributed by atoms with E-state index in [-0.39, 0.29) is 5.82 Å². The SMILES string of the molecule is Fc1ccc2nc(CN(Cc3cncs3)C3CCCCC3)ccc2c1. The molecule has 5 heteroatoms. The Kier molecular flexibility index (Phi) is 5.04. The summed E-state index contributed by atoms with van der Waals surface area (Å²) in [7, 11) is 0. The third-order valence-corrected chi connectivity index (χ3v) is 5.77. The van der Waals surface area contributed by atoms with Crippen LogP contribution < -0.4 is 0 Å². The Bertz CT molecular complexity index is 828. The highest BCUT2D eigenvalue weighted by molar-refractivity contribution is 7.09. The maximum absolute atomic E-state index is 13.4. The number of hydrogen-bond donors (Lipinski definition) is 0. The van der Waals surface area contributed by atoms with Crippen molar-refractivity contribution < 1.29 is 4.39 Å². The zero-order valence-corrected chi connectivity index (χ0v) is 15.0. The molecule has 0 bridgehead atoms. The monoisotopic (exact) mass is 355 g/mol. The molecule has 2 heterocycles. The van der Waals surface area contributed by atoms with E-state index in [9.17, 15) is 4.39 Å². The van der Waals surface area contributed by atoms with Gasteiger partial charge in [0.05, 0.1) is 16.7 Å². The van der Waals surface area contributed by atoms with Crippen molar-refractivity contribution in [1.82, 2.24) is 14.9 Å². The van der Waals surface area contributed by atoms with Gasteiger partial charge in [0.25, 0.3) is 0 Å². The Hall–Kier alpha value is -1.85. The van der Waals surface area contributed by atoms with Crippen molar-refractivity contribution >= 4 is 22.2 Å². The molecule has 1 aliphatic carbocycles. The summed E-state index contributed by atoms with van der Waals surface area (Å²) in [5, 5.41) is 0.857. The first-order chi connectivity index (χ1) is 12.3. The van der Waals surface area contributed by atoms with Gasteiger partial charge in [0.15, 0.2) is 0 Å². The van der Waals surface area contributed by atoms with Gasteiger partial charge in [-0.25, -0.2) is 4.39 Å². The largest absolute Gasteiger partial charge is 0.289 e. The van der Waals surface area contributed by atoms with Gasteiger partial charge in [0.1, 0.15) is 5.82 Å². The third-order valence-electron chi connectivity index (χ3n) is 5.01. The van der Waals surface area contributed by atoms with Gasteiger partial charge in [0, 0.05) is 35.6 Å². The van der Waals surface area contributed by atoms with E-state index in [1.807, 2.05) is 23.8 Å². The zero-order chi connectivity index (χ0) is 17.1. The van der Waals surface area contributed by atoms with Crippen LogP contribution in [0.3, 0.4) is 0 Å². The molecule has 1 fully saturated rings. The predicted octanol–water partition coefficient (Wildman–Crippen LogP) is 5.17. The average molecular weight is 355 g/mol. The second-order valence-electron chi connectivity index (χ2n) is 6.80. The fourth-order valence-electron chi connectivity index (χ4n) is 3.72. The molecule has 0 radical (unpaired) electrons. The first kappa shape index (κ1) is 16.6. The van der Waals surface area contributed by atoms with Crippen LogP contribution in [0.5, 0.6) is 0 Å². The Balaban J connectivity index is 1.57. The average Bonchev–Trinajstić information content (AvgIpc) is 3.15. The maximum Gasteiger partial charge on any atom is 0.123 e. The number of halogens is 1. The molecule has 0 amide bonds. The minimum absolute atomic E-state index is 0.212. The molecule has 1 saturated carbocycles. The van der Waals surface area contributed by atoms with Gasteiger partial charge in [-0.05, 0) is 37.1 Å². The molecule has 1 aromatic carbocycles. The molecule has 0 spiro atoms. The van der Waals surface area contributed by atoms with E-state index in [1.54, 1.807) is 23.5 Å². The van der Waals surface area contributed by atoms with Crippen molar-refractivity contribution in [1.29, 1.82) is 0 Å². The molecule has 3 aromatic rings. The molecular weight excluding hydrogens is 333 g/mol. The summed E-state index contributed by atoms with van der Waals surface area (Å²) < 4.78 is 13.4. The number of hydrogen-bond acceptors (Lipinski definition) is 4. The number of pyridine rings is 1. The van der Waals surface area contributed by atoms with Gasteiger partial charge >= 0.3 is 0 Å². The number of nitrogens with zero attached hydrogens (tertiary/aromatic N) is 3. The quantitative estimate of drug-likeness (QED) is 0.632. The van der Waals surface area contributed by atoms with Crippen molar-refractivity contribution in [3.8, 4) is 0 Å². The molecule has 0 aliphatic heterocycles. The fraction of sp³-hybridized carbons (Fsp3) is 0.400. The molecular formula is C20H22FN3S. The van der Waals surface area contributed by atoms with Gasteiger partial charge in [0.2, 0.25) is 0 Å². The van der Waals surface area contributed by atoms with E-state index in [2.05, 4.69) is 9.88 Å². The summed E-state index contributed by atoms with van der Waals surface area (Å²) in [5.74, 6) is -0.212. The fourth-order valence-corrected chi connectivity index (χ4v) is 4.33. The minimum Gasteiger partial charge on any atom is -0.289 e. The molecule has 0 unspecified atom stereocenters. The van der Waals surface area contributed by atoms with Crippen molar-refractivity contribution in [2.75, 3.05) is 0 Å². The van der Waals surface area contributed by atoms with Gasteiger partial charge in [-0.3, -0.25) is 14.9 Å². The Morgan fingerprint density at radius 2 is 1.96 bits per heavy atom. The number of benzene rings is 1. The van der Waals surface area contributed by atoms with Crippen molar-refractivity contribution in [3.63, 3.8) is 0 Å². The van der Waals surface area contributed by atoms with Crippen LogP contribution in [0.15, 0.2) is 42.0 Å². The summed E-state index contributed by atoms with van der Waals surface area (Å²) in [6.07, 6.45) is 8.47. The van der Waals surface area contributed by atoms with Crippen LogP contribution in [0.4, 0.5) is 4.39 Å². The summed E-state index contributed by atoms with van der Waals surface area (Å²) in [4.78, 5) is 12.8. The number of aromatic nitrogens is 2. The molecule has 1 aliphatic rings. The van der Waals surface area contributed by atoms with Gasteiger partial charge in [-0.15, -0.1) is 11.3 Å². The summed E-state index contributed by atoms with van der Waals surface area (Å²) in [6, 6.07) is 9.41. The number of rotatable bonds is 5. The highest BCUT2D eigenvalue weighted by atomic mass is 32.1. The van der Waals surface area contributed by atoms with E-state index < -0.39 is 0 Å². The second-order valence-corrected chi connectivity index (χ2v) is 7.78. The van der Waals surface area contributed by atoms with Gasteiger partial charge < -0.3 is 0 Å². The molecule has 2 aromatic heterocycles. The van der Waals surface area contributed by atoms with E-state index >= 15 is 0 Å². The van der Waals surface area contributed by atoms with Crippen LogP contribution in [-0.4, -0.2) is 20.9 Å². The van der Waals surface area contributed by atoms with Crippen LogP contribution in [0.1, 0.15) is 42.7 Å². The number of fused-ring (bicyclic) bond motifs is 1. The molecule has 4 rings (SSSR count). The maximum atomic E-state index is 13.4. The number of thiazole rings is 1.